The number of hydrogen-bond acceptors (Lipinski definition) is 1. The molecule has 0 aliphatic carbocycles. The molecule has 1 N–H and O–H groups in total. The van der Waals surface area contributed by atoms with E-state index in [1.54, 1.807) is 0 Å². The van der Waals surface area contributed by atoms with Gasteiger partial charge < -0.3 is 5.02 Å². The molecule has 82 valence electrons. The minimum atomic E-state index is -0.453. The summed E-state index contributed by atoms with van der Waals surface area (Å²) in [6.45, 7) is 1.37. The Kier molecular flexibility index (Phi) is 2.38. The van der Waals surface area contributed by atoms with Crippen LogP contribution in [0.15, 0.2) is 54.6 Å². The summed E-state index contributed by atoms with van der Waals surface area (Å²) in [5.74, 6) is 0. The van der Waals surface area contributed by atoms with Crippen molar-refractivity contribution in [3.05, 3.63) is 54.6 Å². The lowest BCUT2D eigenvalue weighted by molar-refractivity contribution is 0.594. The summed E-state index contributed by atoms with van der Waals surface area (Å²) in [5.41, 5.74) is 1.03. The molecule has 0 spiro atoms. The topological polar surface area (TPSA) is 20.2 Å². The van der Waals surface area contributed by atoms with E-state index in [0.717, 1.165) is 16.2 Å². The molecule has 0 aromatic heterocycles. The monoisotopic (exact) mass is 220 g/mol. The van der Waals surface area contributed by atoms with Crippen molar-refractivity contribution in [1.82, 2.24) is 0 Å². The van der Waals surface area contributed by atoms with Crippen molar-refractivity contribution in [2.75, 3.05) is 0 Å². The Morgan fingerprint density at radius 2 is 1.29 bits per heavy atom. The first-order valence-corrected chi connectivity index (χ1v) is 5.86. The van der Waals surface area contributed by atoms with Crippen LogP contribution in [0.3, 0.4) is 0 Å². The second-order valence-electron chi connectivity index (χ2n) is 4.41. The molecule has 0 saturated heterocycles. The molecule has 0 saturated carbocycles. The maximum Gasteiger partial charge on any atom is 0.321 e. The van der Waals surface area contributed by atoms with Gasteiger partial charge >= 0.3 is 6.92 Å². The van der Waals surface area contributed by atoms with Gasteiger partial charge in [0.15, 0.2) is 0 Å². The maximum absolute atomic E-state index is 10.0. The van der Waals surface area contributed by atoms with E-state index >= 15 is 0 Å². The minimum Gasteiger partial charge on any atom is -0.446 e. The quantitative estimate of drug-likeness (QED) is 0.493. The van der Waals surface area contributed by atoms with Crippen molar-refractivity contribution < 1.29 is 5.02 Å². The van der Waals surface area contributed by atoms with Crippen LogP contribution in [0.5, 0.6) is 0 Å². The van der Waals surface area contributed by atoms with Crippen LogP contribution in [0.25, 0.3) is 21.5 Å². The molecule has 0 radical (unpaired) electrons. The molecule has 3 aromatic rings. The fourth-order valence-electron chi connectivity index (χ4n) is 2.50. The Labute approximate surface area is 101 Å². The fraction of sp³-hybridized carbons (Fsp3) is 0.0667. The summed E-state index contributed by atoms with van der Waals surface area (Å²) in [6, 6.07) is 18.6. The van der Waals surface area contributed by atoms with Gasteiger partial charge in [-0.2, -0.15) is 0 Å². The highest BCUT2D eigenvalue weighted by Crippen LogP contribution is 2.21. The Balaban J connectivity index is 2.56. The Morgan fingerprint density at radius 1 is 0.824 bits per heavy atom. The third-order valence-electron chi connectivity index (χ3n) is 3.23. The molecule has 1 nitrogen and oxygen atoms in total. The van der Waals surface area contributed by atoms with E-state index < -0.39 is 6.92 Å². The molecule has 0 aliphatic heterocycles. The largest absolute Gasteiger partial charge is 0.446 e. The van der Waals surface area contributed by atoms with Crippen molar-refractivity contribution in [3.8, 4) is 0 Å². The second-order valence-corrected chi connectivity index (χ2v) is 4.41. The molecule has 0 aliphatic rings. The molecule has 0 bridgehead atoms. The predicted molar refractivity (Wildman–Crippen MR) is 74.9 cm³/mol. The fourth-order valence-corrected chi connectivity index (χ4v) is 2.50. The first-order valence-electron chi connectivity index (χ1n) is 5.86. The SMILES string of the molecule is CB(O)c1c2ccccc2cc2ccccc12. The number of benzene rings is 3. The molecule has 17 heavy (non-hydrogen) atoms. The average molecular weight is 220 g/mol. The lowest BCUT2D eigenvalue weighted by atomic mass is 9.61. The van der Waals surface area contributed by atoms with Gasteiger partial charge in [0.05, 0.1) is 0 Å². The van der Waals surface area contributed by atoms with E-state index in [4.69, 9.17) is 0 Å². The Morgan fingerprint density at radius 3 is 1.76 bits per heavy atom. The van der Waals surface area contributed by atoms with Crippen LogP contribution < -0.4 is 5.46 Å². The molecule has 0 unspecified atom stereocenters. The van der Waals surface area contributed by atoms with Gasteiger partial charge in [-0.15, -0.1) is 0 Å². The van der Waals surface area contributed by atoms with Gasteiger partial charge in [0.1, 0.15) is 0 Å². The molecular formula is C15H13BO. The van der Waals surface area contributed by atoms with E-state index in [9.17, 15) is 5.02 Å². The number of rotatable bonds is 1. The minimum absolute atomic E-state index is 0.453. The highest BCUT2D eigenvalue weighted by molar-refractivity contribution is 6.70. The highest BCUT2D eigenvalue weighted by atomic mass is 16.2. The first kappa shape index (κ1) is 10.4. The van der Waals surface area contributed by atoms with Crippen LogP contribution in [0.2, 0.25) is 6.82 Å². The summed E-state index contributed by atoms with van der Waals surface area (Å²) in [7, 11) is 0. The normalized spacial score (nSPS) is 10.9. The van der Waals surface area contributed by atoms with E-state index in [-0.39, 0.29) is 0 Å². The van der Waals surface area contributed by atoms with Gasteiger partial charge in [0.25, 0.3) is 0 Å². The standard InChI is InChI=1S/C15H13BO/c1-16(17)15-13-8-4-2-6-11(13)10-12-7-3-5-9-14(12)15/h2-10,17H,1H3. The van der Waals surface area contributed by atoms with Crippen LogP contribution in [0.4, 0.5) is 0 Å². The third-order valence-corrected chi connectivity index (χ3v) is 3.23. The second kappa shape index (κ2) is 3.90. The Bertz CT molecular complexity index is 635. The number of fused-ring (bicyclic) bond motifs is 2. The van der Waals surface area contributed by atoms with Crippen molar-refractivity contribution in [2.24, 2.45) is 0 Å². The summed E-state index contributed by atoms with van der Waals surface area (Å²) in [6.07, 6.45) is 0. The predicted octanol–water partition coefficient (Wildman–Crippen LogP) is 2.81. The lowest BCUT2D eigenvalue weighted by Gasteiger charge is -2.11. The summed E-state index contributed by atoms with van der Waals surface area (Å²) in [5, 5.41) is 14.7. The molecule has 0 fully saturated rings. The zero-order valence-corrected chi connectivity index (χ0v) is 9.72. The Hall–Kier alpha value is -1.80. The lowest BCUT2D eigenvalue weighted by Crippen LogP contribution is -2.27. The van der Waals surface area contributed by atoms with Crippen molar-refractivity contribution in [3.63, 3.8) is 0 Å². The zero-order chi connectivity index (χ0) is 11.8. The third kappa shape index (κ3) is 1.61. The van der Waals surface area contributed by atoms with E-state index in [1.165, 1.54) is 10.8 Å². The average Bonchev–Trinajstić information content (AvgIpc) is 2.35. The molecular weight excluding hydrogens is 207 g/mol. The van der Waals surface area contributed by atoms with Gasteiger partial charge in [-0.05, 0) is 33.1 Å². The van der Waals surface area contributed by atoms with Gasteiger partial charge in [-0.25, -0.2) is 0 Å². The highest BCUT2D eigenvalue weighted by Gasteiger charge is 2.14. The molecule has 2 heteroatoms. The number of hydrogen-bond donors (Lipinski definition) is 1. The summed E-state index contributed by atoms with van der Waals surface area (Å²) >= 11 is 0. The first-order chi connectivity index (χ1) is 8.27. The van der Waals surface area contributed by atoms with Gasteiger partial charge in [0.2, 0.25) is 0 Å². The van der Waals surface area contributed by atoms with Gasteiger partial charge in [-0.1, -0.05) is 55.4 Å². The maximum atomic E-state index is 10.0. The van der Waals surface area contributed by atoms with Gasteiger partial charge in [-0.3, -0.25) is 0 Å². The van der Waals surface area contributed by atoms with E-state index in [0.29, 0.717) is 0 Å². The zero-order valence-electron chi connectivity index (χ0n) is 9.72. The van der Waals surface area contributed by atoms with Crippen molar-refractivity contribution in [1.29, 1.82) is 0 Å². The van der Waals surface area contributed by atoms with Gasteiger partial charge in [0, 0.05) is 0 Å². The molecule has 3 aromatic carbocycles. The molecule has 0 heterocycles. The smallest absolute Gasteiger partial charge is 0.321 e. The van der Waals surface area contributed by atoms with Crippen LogP contribution in [0, 0.1) is 0 Å². The summed E-state index contributed by atoms with van der Waals surface area (Å²) < 4.78 is 0. The van der Waals surface area contributed by atoms with Crippen molar-refractivity contribution in [2.45, 2.75) is 6.82 Å². The molecule has 0 atom stereocenters. The molecule has 3 rings (SSSR count). The van der Waals surface area contributed by atoms with Crippen LogP contribution in [0.1, 0.15) is 0 Å². The van der Waals surface area contributed by atoms with Crippen LogP contribution >= 0.6 is 0 Å². The van der Waals surface area contributed by atoms with E-state index in [1.807, 2.05) is 31.1 Å². The van der Waals surface area contributed by atoms with Crippen molar-refractivity contribution >= 4 is 33.9 Å². The van der Waals surface area contributed by atoms with Crippen LogP contribution in [-0.2, 0) is 0 Å². The van der Waals surface area contributed by atoms with E-state index in [2.05, 4.69) is 30.3 Å². The van der Waals surface area contributed by atoms with Crippen LogP contribution in [-0.4, -0.2) is 11.9 Å². The summed E-state index contributed by atoms with van der Waals surface area (Å²) in [4.78, 5) is 0. The molecule has 0 amide bonds.